The first-order valence-corrected chi connectivity index (χ1v) is 14.2. The van der Waals surface area contributed by atoms with Crippen LogP contribution in [-0.4, -0.2) is 58.8 Å². The Bertz CT molecular complexity index is 1140. The molecule has 1 unspecified atom stereocenters. The molecule has 4 N–H and O–H groups in total. The number of aliphatic hydroxyl groups excluding tert-OH is 1. The minimum atomic E-state index is 0.0368. The van der Waals surface area contributed by atoms with Crippen molar-refractivity contribution in [2.75, 3.05) is 32.8 Å². The minimum absolute atomic E-state index is 0.0368. The summed E-state index contributed by atoms with van der Waals surface area (Å²) in [6.07, 6.45) is 4.49. The highest BCUT2D eigenvalue weighted by molar-refractivity contribution is 5.23. The van der Waals surface area contributed by atoms with E-state index in [2.05, 4.69) is 67.2 Å². The van der Waals surface area contributed by atoms with Gasteiger partial charge in [-0.15, -0.1) is 0 Å². The van der Waals surface area contributed by atoms with E-state index in [9.17, 15) is 5.11 Å². The van der Waals surface area contributed by atoms with Gasteiger partial charge in [-0.1, -0.05) is 66.7 Å². The molecule has 0 aliphatic carbocycles. The first-order valence-electron chi connectivity index (χ1n) is 14.2. The molecule has 7 nitrogen and oxygen atoms in total. The number of aromatic nitrogens is 2. The zero-order valence-electron chi connectivity index (χ0n) is 23.3. The Kier molecular flexibility index (Phi) is 12.8. The van der Waals surface area contributed by atoms with Crippen LogP contribution in [0.3, 0.4) is 0 Å². The van der Waals surface area contributed by atoms with Gasteiger partial charge in [-0.2, -0.15) is 0 Å². The van der Waals surface area contributed by atoms with E-state index in [0.717, 1.165) is 70.2 Å². The lowest BCUT2D eigenvalue weighted by Gasteiger charge is -2.23. The standard InChI is InChI=1S/C33H42N6O/c40-27-33(22-28-8-2-1-3-9-28)38-23-29-12-14-30(15-13-29)26-39(20-18-34-24-31-10-4-6-16-36-31)21-19-35-25-32-11-5-7-17-37-32/h1-17,33-35,38,40H,18-27H2. The predicted molar refractivity (Wildman–Crippen MR) is 161 cm³/mol. The summed E-state index contributed by atoms with van der Waals surface area (Å²) in [7, 11) is 0. The number of rotatable bonds is 18. The minimum Gasteiger partial charge on any atom is -0.395 e. The van der Waals surface area contributed by atoms with Crippen molar-refractivity contribution < 1.29 is 5.11 Å². The Morgan fingerprint density at radius 2 is 1.20 bits per heavy atom. The highest BCUT2D eigenvalue weighted by Crippen LogP contribution is 2.09. The van der Waals surface area contributed by atoms with Gasteiger partial charge in [-0.05, 0) is 47.4 Å². The van der Waals surface area contributed by atoms with E-state index in [1.165, 1.54) is 16.7 Å². The van der Waals surface area contributed by atoms with Crippen LogP contribution >= 0.6 is 0 Å². The molecule has 0 radical (unpaired) electrons. The molecule has 4 aromatic rings. The zero-order chi connectivity index (χ0) is 27.7. The number of pyridine rings is 2. The van der Waals surface area contributed by atoms with Crippen LogP contribution < -0.4 is 16.0 Å². The zero-order valence-corrected chi connectivity index (χ0v) is 23.3. The number of nitrogens with zero attached hydrogens (tertiary/aromatic N) is 3. The molecule has 7 heteroatoms. The Balaban J connectivity index is 1.25. The molecule has 0 spiro atoms. The fourth-order valence-electron chi connectivity index (χ4n) is 4.57. The van der Waals surface area contributed by atoms with Gasteiger partial charge >= 0.3 is 0 Å². The third kappa shape index (κ3) is 11.0. The Morgan fingerprint density at radius 1 is 0.625 bits per heavy atom. The summed E-state index contributed by atoms with van der Waals surface area (Å²) < 4.78 is 0. The summed E-state index contributed by atoms with van der Waals surface area (Å²) >= 11 is 0. The van der Waals surface area contributed by atoms with Crippen LogP contribution in [0.25, 0.3) is 0 Å². The maximum absolute atomic E-state index is 9.83. The average Bonchev–Trinajstić information content (AvgIpc) is 3.01. The van der Waals surface area contributed by atoms with Gasteiger partial charge in [0.2, 0.25) is 0 Å². The summed E-state index contributed by atoms with van der Waals surface area (Å²) in [5.41, 5.74) is 5.86. The maximum Gasteiger partial charge on any atom is 0.0587 e. The third-order valence-corrected chi connectivity index (χ3v) is 6.84. The van der Waals surface area contributed by atoms with Crippen LogP contribution in [0.2, 0.25) is 0 Å². The second kappa shape index (κ2) is 17.3. The van der Waals surface area contributed by atoms with Gasteiger partial charge in [0.15, 0.2) is 0 Å². The lowest BCUT2D eigenvalue weighted by atomic mass is 10.1. The molecular weight excluding hydrogens is 496 g/mol. The molecule has 0 amide bonds. The highest BCUT2D eigenvalue weighted by atomic mass is 16.3. The van der Waals surface area contributed by atoms with E-state index in [1.54, 1.807) is 0 Å². The van der Waals surface area contributed by atoms with Crippen LogP contribution in [-0.2, 0) is 32.6 Å². The summed E-state index contributed by atoms with van der Waals surface area (Å²) in [4.78, 5) is 11.3. The molecule has 0 bridgehead atoms. The molecule has 0 saturated carbocycles. The van der Waals surface area contributed by atoms with Crippen molar-refractivity contribution in [1.29, 1.82) is 0 Å². The van der Waals surface area contributed by atoms with E-state index in [-0.39, 0.29) is 12.6 Å². The van der Waals surface area contributed by atoms with E-state index < -0.39 is 0 Å². The molecular formula is C33H42N6O. The van der Waals surface area contributed by atoms with Gasteiger partial charge in [0.25, 0.3) is 0 Å². The number of nitrogens with one attached hydrogen (secondary N) is 3. The van der Waals surface area contributed by atoms with Gasteiger partial charge in [0, 0.05) is 70.8 Å². The normalized spacial score (nSPS) is 12.1. The number of aliphatic hydroxyl groups is 1. The lowest BCUT2D eigenvalue weighted by Crippen LogP contribution is -2.36. The smallest absolute Gasteiger partial charge is 0.0587 e. The van der Waals surface area contributed by atoms with E-state index in [4.69, 9.17) is 0 Å². The largest absolute Gasteiger partial charge is 0.395 e. The van der Waals surface area contributed by atoms with Crippen molar-refractivity contribution in [3.05, 3.63) is 131 Å². The molecule has 0 aliphatic heterocycles. The summed E-state index contributed by atoms with van der Waals surface area (Å²) in [6.45, 7) is 6.95. The number of hydrogen-bond acceptors (Lipinski definition) is 7. The molecule has 0 fully saturated rings. The fourth-order valence-corrected chi connectivity index (χ4v) is 4.57. The van der Waals surface area contributed by atoms with Crippen LogP contribution in [0.5, 0.6) is 0 Å². The van der Waals surface area contributed by atoms with Crippen LogP contribution in [0, 0.1) is 0 Å². The van der Waals surface area contributed by atoms with Gasteiger partial charge in [0.05, 0.1) is 18.0 Å². The van der Waals surface area contributed by atoms with Gasteiger partial charge < -0.3 is 21.1 Å². The molecule has 2 aromatic heterocycles. The van der Waals surface area contributed by atoms with Crippen molar-refractivity contribution in [2.24, 2.45) is 0 Å². The Hall–Kier alpha value is -3.46. The quantitative estimate of drug-likeness (QED) is 0.144. The van der Waals surface area contributed by atoms with Gasteiger partial charge in [0.1, 0.15) is 0 Å². The van der Waals surface area contributed by atoms with Crippen molar-refractivity contribution in [3.8, 4) is 0 Å². The summed E-state index contributed by atoms with van der Waals surface area (Å²) in [6, 6.07) is 31.2. The molecule has 210 valence electrons. The molecule has 1 atom stereocenters. The van der Waals surface area contributed by atoms with Gasteiger partial charge in [-0.3, -0.25) is 14.9 Å². The monoisotopic (exact) mass is 538 g/mol. The number of benzene rings is 2. The second-order valence-corrected chi connectivity index (χ2v) is 10.0. The number of hydrogen-bond donors (Lipinski definition) is 4. The molecule has 0 saturated heterocycles. The second-order valence-electron chi connectivity index (χ2n) is 10.0. The van der Waals surface area contributed by atoms with Crippen molar-refractivity contribution in [3.63, 3.8) is 0 Å². The average molecular weight is 539 g/mol. The lowest BCUT2D eigenvalue weighted by molar-refractivity contribution is 0.241. The fraction of sp³-hybridized carbons (Fsp3) is 0.333. The van der Waals surface area contributed by atoms with E-state index >= 15 is 0 Å². The molecule has 2 heterocycles. The molecule has 2 aromatic carbocycles. The Morgan fingerprint density at radius 3 is 1.75 bits per heavy atom. The van der Waals surface area contributed by atoms with Crippen molar-refractivity contribution in [2.45, 2.75) is 38.6 Å². The Labute approximate surface area is 238 Å². The summed E-state index contributed by atoms with van der Waals surface area (Å²) in [5.74, 6) is 0. The molecule has 0 aliphatic rings. The van der Waals surface area contributed by atoms with Crippen LogP contribution in [0.15, 0.2) is 103 Å². The predicted octanol–water partition coefficient (Wildman–Crippen LogP) is 3.55. The maximum atomic E-state index is 9.83. The summed E-state index contributed by atoms with van der Waals surface area (Å²) in [5, 5.41) is 20.4. The van der Waals surface area contributed by atoms with Crippen molar-refractivity contribution in [1.82, 2.24) is 30.8 Å². The van der Waals surface area contributed by atoms with E-state index in [1.807, 2.05) is 67.0 Å². The molecule has 40 heavy (non-hydrogen) atoms. The van der Waals surface area contributed by atoms with Gasteiger partial charge in [-0.25, -0.2) is 0 Å². The highest BCUT2D eigenvalue weighted by Gasteiger charge is 2.09. The SMILES string of the molecule is OCC(Cc1ccccc1)NCc1ccc(CN(CCNCc2ccccn2)CCNCc2ccccn2)cc1. The van der Waals surface area contributed by atoms with Crippen LogP contribution in [0.1, 0.15) is 28.1 Å². The van der Waals surface area contributed by atoms with Crippen LogP contribution in [0.4, 0.5) is 0 Å². The van der Waals surface area contributed by atoms with E-state index in [0.29, 0.717) is 0 Å². The first-order chi connectivity index (χ1) is 19.8. The molecule has 4 rings (SSSR count). The topological polar surface area (TPSA) is 85.3 Å². The van der Waals surface area contributed by atoms with Crippen molar-refractivity contribution >= 4 is 0 Å². The first kappa shape index (κ1) is 29.5. The third-order valence-electron chi connectivity index (χ3n) is 6.84.